The molecule has 0 fully saturated rings. The fraction of sp³-hybridized carbons (Fsp3) is 0.636. The number of hydrogen-bond acceptors (Lipinski definition) is 5. The number of allylic oxidation sites excluding steroid dienone is 4. The van der Waals surface area contributed by atoms with Crippen LogP contribution in [0.25, 0.3) is 0 Å². The highest BCUT2D eigenvalue weighted by molar-refractivity contribution is 5.97. The number of nitrogens with one attached hydrogen (secondary N) is 1. The van der Waals surface area contributed by atoms with Gasteiger partial charge in [-0.15, -0.1) is 0 Å². The van der Waals surface area contributed by atoms with Crippen LogP contribution >= 0.6 is 0 Å². The van der Waals surface area contributed by atoms with Crippen molar-refractivity contribution in [3.63, 3.8) is 0 Å². The van der Waals surface area contributed by atoms with E-state index in [0.717, 1.165) is 24.2 Å². The monoisotopic (exact) mass is 377 g/mol. The van der Waals surface area contributed by atoms with Gasteiger partial charge in [0.1, 0.15) is 0 Å². The topological polar surface area (TPSA) is 64.6 Å². The lowest BCUT2D eigenvalue weighted by Gasteiger charge is -2.31. The van der Waals surface area contributed by atoms with Crippen LogP contribution in [0.4, 0.5) is 0 Å². The van der Waals surface area contributed by atoms with Gasteiger partial charge >= 0.3 is 11.9 Å². The Labute approximate surface area is 163 Å². The number of esters is 2. The van der Waals surface area contributed by atoms with E-state index in [-0.39, 0.29) is 17.9 Å². The van der Waals surface area contributed by atoms with Gasteiger partial charge in [0.25, 0.3) is 0 Å². The molecule has 152 valence electrons. The number of ether oxygens (including phenoxy) is 2. The third kappa shape index (κ3) is 6.56. The standard InChI is InChI=1S/C22H35NO4/c1-8-26-21(24)19-16(6)23-17(7)20(22(25)27-9-2)18(19)13-15(5)12-10-11-14(3)4/h11,15,18,23H,8-10,12-13H2,1-7H3. The molecule has 0 saturated heterocycles. The first kappa shape index (κ1) is 23.0. The SMILES string of the molecule is CCOC(=O)C1=C(C)NC(C)=C(C(=O)OCC)C1CC(C)CCC=C(C)C. The maximum absolute atomic E-state index is 12.6. The maximum Gasteiger partial charge on any atom is 0.336 e. The number of carbonyl (C=O) groups excluding carboxylic acids is 2. The van der Waals surface area contributed by atoms with Crippen molar-refractivity contribution >= 4 is 11.9 Å². The first-order valence-corrected chi connectivity index (χ1v) is 9.88. The minimum absolute atomic E-state index is 0.301. The van der Waals surface area contributed by atoms with E-state index in [0.29, 0.717) is 36.7 Å². The van der Waals surface area contributed by atoms with Crippen LogP contribution in [-0.4, -0.2) is 25.2 Å². The summed E-state index contributed by atoms with van der Waals surface area (Å²) in [5.74, 6) is -0.694. The lowest BCUT2D eigenvalue weighted by Crippen LogP contribution is -2.34. The largest absolute Gasteiger partial charge is 0.463 e. The normalized spacial score (nSPS) is 16.0. The van der Waals surface area contributed by atoms with E-state index in [1.165, 1.54) is 5.57 Å². The number of dihydropyridines is 1. The van der Waals surface area contributed by atoms with E-state index in [2.05, 4.69) is 32.2 Å². The molecule has 1 unspecified atom stereocenters. The lowest BCUT2D eigenvalue weighted by molar-refractivity contribution is -0.140. The van der Waals surface area contributed by atoms with Crippen molar-refractivity contribution in [1.29, 1.82) is 0 Å². The zero-order valence-corrected chi connectivity index (χ0v) is 17.9. The van der Waals surface area contributed by atoms with Crippen LogP contribution in [0.3, 0.4) is 0 Å². The minimum Gasteiger partial charge on any atom is -0.463 e. The van der Waals surface area contributed by atoms with Gasteiger partial charge in [0.2, 0.25) is 0 Å². The summed E-state index contributed by atoms with van der Waals surface area (Å²) in [6.45, 7) is 14.2. The Balaban J connectivity index is 3.17. The molecule has 1 atom stereocenters. The molecule has 1 rings (SSSR count). The van der Waals surface area contributed by atoms with E-state index in [4.69, 9.17) is 9.47 Å². The molecule has 5 heteroatoms. The van der Waals surface area contributed by atoms with Crippen molar-refractivity contribution in [2.24, 2.45) is 11.8 Å². The van der Waals surface area contributed by atoms with Crippen LogP contribution in [0.1, 0.15) is 67.7 Å². The van der Waals surface area contributed by atoms with Crippen LogP contribution < -0.4 is 5.32 Å². The van der Waals surface area contributed by atoms with Gasteiger partial charge in [-0.2, -0.15) is 0 Å². The molecule has 0 amide bonds. The summed E-state index contributed by atoms with van der Waals surface area (Å²) in [7, 11) is 0. The molecule has 0 aromatic rings. The maximum atomic E-state index is 12.6. The quantitative estimate of drug-likeness (QED) is 0.468. The first-order valence-electron chi connectivity index (χ1n) is 9.88. The van der Waals surface area contributed by atoms with Crippen molar-refractivity contribution in [3.05, 3.63) is 34.2 Å². The highest BCUT2D eigenvalue weighted by Gasteiger charge is 2.37. The lowest BCUT2D eigenvalue weighted by atomic mass is 9.79. The van der Waals surface area contributed by atoms with Crippen LogP contribution in [0.15, 0.2) is 34.2 Å². The summed E-state index contributed by atoms with van der Waals surface area (Å²) in [4.78, 5) is 25.3. The van der Waals surface area contributed by atoms with Crippen molar-refractivity contribution in [3.8, 4) is 0 Å². The van der Waals surface area contributed by atoms with Crippen molar-refractivity contribution in [2.45, 2.75) is 67.7 Å². The second-order valence-corrected chi connectivity index (χ2v) is 7.40. The molecule has 5 nitrogen and oxygen atoms in total. The molecular weight excluding hydrogens is 342 g/mol. The van der Waals surface area contributed by atoms with E-state index >= 15 is 0 Å². The average Bonchev–Trinajstić information content (AvgIpc) is 2.54. The Hall–Kier alpha value is -2.04. The number of rotatable bonds is 9. The molecule has 0 saturated carbocycles. The van der Waals surface area contributed by atoms with E-state index in [1.54, 1.807) is 13.8 Å². The predicted molar refractivity (Wildman–Crippen MR) is 108 cm³/mol. The highest BCUT2D eigenvalue weighted by Crippen LogP contribution is 2.36. The second-order valence-electron chi connectivity index (χ2n) is 7.40. The van der Waals surface area contributed by atoms with Gasteiger partial charge in [0.15, 0.2) is 0 Å². The van der Waals surface area contributed by atoms with Gasteiger partial charge < -0.3 is 14.8 Å². The molecule has 0 aliphatic carbocycles. The molecule has 1 N–H and O–H groups in total. The second kappa shape index (κ2) is 11.0. The van der Waals surface area contributed by atoms with Crippen molar-refractivity contribution in [1.82, 2.24) is 5.32 Å². The summed E-state index contributed by atoms with van der Waals surface area (Å²) < 4.78 is 10.6. The van der Waals surface area contributed by atoms with Crippen LogP contribution in [0.5, 0.6) is 0 Å². The smallest absolute Gasteiger partial charge is 0.336 e. The Morgan fingerprint density at radius 2 is 1.52 bits per heavy atom. The van der Waals surface area contributed by atoms with Crippen LogP contribution in [-0.2, 0) is 19.1 Å². The Kier molecular flexibility index (Phi) is 9.33. The fourth-order valence-corrected chi connectivity index (χ4v) is 3.50. The molecular formula is C22H35NO4. The van der Waals surface area contributed by atoms with Gasteiger partial charge in [-0.1, -0.05) is 18.6 Å². The van der Waals surface area contributed by atoms with Crippen molar-refractivity contribution in [2.75, 3.05) is 13.2 Å². The molecule has 1 aliphatic rings. The molecule has 0 radical (unpaired) electrons. The highest BCUT2D eigenvalue weighted by atomic mass is 16.5. The summed E-state index contributed by atoms with van der Waals surface area (Å²) in [6.07, 6.45) is 4.91. The van der Waals surface area contributed by atoms with E-state index < -0.39 is 0 Å². The molecule has 0 aromatic heterocycles. The first-order chi connectivity index (χ1) is 12.7. The molecule has 0 spiro atoms. The van der Waals surface area contributed by atoms with E-state index in [9.17, 15) is 9.59 Å². The van der Waals surface area contributed by atoms with Gasteiger partial charge in [-0.3, -0.25) is 0 Å². The predicted octanol–water partition coefficient (Wildman–Crippen LogP) is 4.65. The fourth-order valence-electron chi connectivity index (χ4n) is 3.50. The van der Waals surface area contributed by atoms with Crippen molar-refractivity contribution < 1.29 is 19.1 Å². The molecule has 27 heavy (non-hydrogen) atoms. The third-order valence-electron chi connectivity index (χ3n) is 4.72. The zero-order chi connectivity index (χ0) is 20.6. The average molecular weight is 378 g/mol. The van der Waals surface area contributed by atoms with Gasteiger partial charge in [0.05, 0.1) is 24.4 Å². The Bertz CT molecular complexity index is 599. The molecule has 0 aromatic carbocycles. The summed E-state index contributed by atoms with van der Waals surface area (Å²) >= 11 is 0. The molecule has 1 heterocycles. The number of hydrogen-bond donors (Lipinski definition) is 1. The minimum atomic E-state index is -0.363. The summed E-state index contributed by atoms with van der Waals surface area (Å²) in [5.41, 5.74) is 3.88. The number of carbonyl (C=O) groups is 2. The van der Waals surface area contributed by atoms with Gasteiger partial charge in [-0.05, 0) is 66.7 Å². The molecule has 0 bridgehead atoms. The van der Waals surface area contributed by atoms with Crippen LogP contribution in [0.2, 0.25) is 0 Å². The van der Waals surface area contributed by atoms with Gasteiger partial charge in [0, 0.05) is 17.3 Å². The molecule has 1 aliphatic heterocycles. The van der Waals surface area contributed by atoms with E-state index in [1.807, 2.05) is 13.8 Å². The third-order valence-corrected chi connectivity index (χ3v) is 4.72. The Morgan fingerprint density at radius 3 is 1.93 bits per heavy atom. The van der Waals surface area contributed by atoms with Gasteiger partial charge in [-0.25, -0.2) is 9.59 Å². The van der Waals surface area contributed by atoms with Crippen LogP contribution in [0, 0.1) is 11.8 Å². The summed E-state index contributed by atoms with van der Waals surface area (Å²) in [6, 6.07) is 0. The zero-order valence-electron chi connectivity index (χ0n) is 17.9. The summed E-state index contributed by atoms with van der Waals surface area (Å²) in [5, 5.41) is 3.17. The Morgan fingerprint density at radius 1 is 1.04 bits per heavy atom.